The zero-order valence-corrected chi connectivity index (χ0v) is 8.80. The van der Waals surface area contributed by atoms with Crippen LogP contribution in [-0.4, -0.2) is 0 Å². The molecule has 13 heavy (non-hydrogen) atoms. The molecule has 0 radical (unpaired) electrons. The first kappa shape index (κ1) is 10.0. The van der Waals surface area contributed by atoms with Gasteiger partial charge in [-0.1, -0.05) is 56.4 Å². The molecule has 70 valence electrons. The third-order valence-corrected chi connectivity index (χ3v) is 2.65. The Balaban J connectivity index is 2.93. The van der Waals surface area contributed by atoms with Gasteiger partial charge in [-0.25, -0.2) is 0 Å². The molecular weight excluding hydrogens is 156 g/mol. The molecule has 0 amide bonds. The van der Waals surface area contributed by atoms with Crippen LogP contribution in [0.2, 0.25) is 0 Å². The van der Waals surface area contributed by atoms with E-state index in [1.165, 1.54) is 5.57 Å². The molecule has 1 rings (SSSR count). The fraction of sp³-hybridized carbons (Fsp3) is 0.385. The summed E-state index contributed by atoms with van der Waals surface area (Å²) in [6.45, 7) is 10.4. The Morgan fingerprint density at radius 2 is 2.15 bits per heavy atom. The summed E-state index contributed by atoms with van der Waals surface area (Å²) in [5.41, 5.74) is 2.57. The minimum absolute atomic E-state index is 0.216. The zero-order valence-electron chi connectivity index (χ0n) is 8.80. The normalized spacial score (nSPS) is 26.8. The van der Waals surface area contributed by atoms with Crippen molar-refractivity contribution in [3.05, 3.63) is 48.1 Å². The van der Waals surface area contributed by atoms with Crippen molar-refractivity contribution < 1.29 is 0 Å². The van der Waals surface area contributed by atoms with E-state index in [0.717, 1.165) is 12.0 Å². The van der Waals surface area contributed by atoms with E-state index < -0.39 is 0 Å². The lowest BCUT2D eigenvalue weighted by atomic mass is 9.87. The Kier molecular flexibility index (Phi) is 2.92. The Hall–Kier alpha value is -1.04. The second-order valence-electron chi connectivity index (χ2n) is 3.95. The second kappa shape index (κ2) is 3.78. The van der Waals surface area contributed by atoms with E-state index in [0.29, 0.717) is 0 Å². The topological polar surface area (TPSA) is 0 Å². The lowest BCUT2D eigenvalue weighted by molar-refractivity contribution is 0.531. The first-order chi connectivity index (χ1) is 6.07. The molecule has 1 aliphatic carbocycles. The van der Waals surface area contributed by atoms with Gasteiger partial charge in [-0.3, -0.25) is 0 Å². The van der Waals surface area contributed by atoms with Crippen LogP contribution >= 0.6 is 0 Å². The fourth-order valence-electron chi connectivity index (χ4n) is 1.28. The van der Waals surface area contributed by atoms with Crippen LogP contribution in [0.3, 0.4) is 0 Å². The van der Waals surface area contributed by atoms with E-state index in [-0.39, 0.29) is 5.41 Å². The first-order valence-corrected chi connectivity index (χ1v) is 4.82. The summed E-state index contributed by atoms with van der Waals surface area (Å²) in [7, 11) is 0. The maximum atomic E-state index is 3.94. The van der Waals surface area contributed by atoms with Crippen molar-refractivity contribution in [2.75, 3.05) is 0 Å². The fourth-order valence-corrected chi connectivity index (χ4v) is 1.28. The van der Waals surface area contributed by atoms with E-state index in [4.69, 9.17) is 0 Å². The van der Waals surface area contributed by atoms with E-state index in [2.05, 4.69) is 50.8 Å². The molecule has 1 atom stereocenters. The van der Waals surface area contributed by atoms with Crippen molar-refractivity contribution in [1.29, 1.82) is 0 Å². The lowest BCUT2D eigenvalue weighted by Gasteiger charge is -2.18. The molecular formula is C13H18. The van der Waals surface area contributed by atoms with E-state index in [1.807, 2.05) is 6.92 Å². The van der Waals surface area contributed by atoms with Gasteiger partial charge in [-0.05, 0) is 18.9 Å². The number of rotatable bonds is 2. The van der Waals surface area contributed by atoms with Crippen molar-refractivity contribution in [3.63, 3.8) is 0 Å². The average molecular weight is 174 g/mol. The van der Waals surface area contributed by atoms with Gasteiger partial charge >= 0.3 is 0 Å². The maximum Gasteiger partial charge on any atom is 0.00365 e. The predicted octanol–water partition coefficient (Wildman–Crippen LogP) is 4.03. The molecule has 0 heterocycles. The Morgan fingerprint density at radius 1 is 1.46 bits per heavy atom. The zero-order chi connectivity index (χ0) is 9.90. The van der Waals surface area contributed by atoms with Crippen molar-refractivity contribution in [2.45, 2.75) is 27.2 Å². The van der Waals surface area contributed by atoms with Crippen LogP contribution in [0.4, 0.5) is 0 Å². The lowest BCUT2D eigenvalue weighted by Crippen LogP contribution is -2.06. The highest BCUT2D eigenvalue weighted by Gasteiger charge is 2.14. The van der Waals surface area contributed by atoms with Crippen LogP contribution in [0.1, 0.15) is 27.2 Å². The third kappa shape index (κ3) is 2.45. The summed E-state index contributed by atoms with van der Waals surface area (Å²) < 4.78 is 0. The summed E-state index contributed by atoms with van der Waals surface area (Å²) in [6.07, 6.45) is 12.1. The molecule has 0 saturated carbocycles. The highest BCUT2D eigenvalue weighted by atomic mass is 14.2. The maximum absolute atomic E-state index is 3.94. The first-order valence-electron chi connectivity index (χ1n) is 4.82. The second-order valence-corrected chi connectivity index (χ2v) is 3.95. The molecule has 0 aromatic carbocycles. The highest BCUT2D eigenvalue weighted by molar-refractivity contribution is 5.42. The largest absolute Gasteiger partial charge is 0.0955 e. The van der Waals surface area contributed by atoms with Crippen LogP contribution in [0.5, 0.6) is 0 Å². The summed E-state index contributed by atoms with van der Waals surface area (Å²) >= 11 is 0. The molecule has 1 unspecified atom stereocenters. The predicted molar refractivity (Wildman–Crippen MR) is 59.6 cm³/mol. The van der Waals surface area contributed by atoms with E-state index >= 15 is 0 Å². The summed E-state index contributed by atoms with van der Waals surface area (Å²) in [5, 5.41) is 0. The molecule has 0 N–H and O–H groups in total. The molecule has 0 fully saturated rings. The number of allylic oxidation sites excluding steroid dienone is 7. The minimum atomic E-state index is 0.216. The van der Waals surface area contributed by atoms with Crippen molar-refractivity contribution in [3.8, 4) is 0 Å². The van der Waals surface area contributed by atoms with Gasteiger partial charge in [0.15, 0.2) is 0 Å². The Labute approximate surface area is 81.4 Å². The van der Waals surface area contributed by atoms with Crippen LogP contribution in [0.15, 0.2) is 48.1 Å². The van der Waals surface area contributed by atoms with Gasteiger partial charge in [-0.2, -0.15) is 0 Å². The Bertz CT molecular complexity index is 289. The van der Waals surface area contributed by atoms with Gasteiger partial charge in [0.25, 0.3) is 0 Å². The molecule has 0 spiro atoms. The average Bonchev–Trinajstić information content (AvgIpc) is 2.28. The van der Waals surface area contributed by atoms with E-state index in [1.54, 1.807) is 0 Å². The summed E-state index contributed by atoms with van der Waals surface area (Å²) in [4.78, 5) is 0. The van der Waals surface area contributed by atoms with Gasteiger partial charge < -0.3 is 0 Å². The molecule has 0 saturated heterocycles. The van der Waals surface area contributed by atoms with E-state index in [9.17, 15) is 0 Å². The van der Waals surface area contributed by atoms with Crippen LogP contribution in [-0.2, 0) is 0 Å². The number of hydrogen-bond donors (Lipinski definition) is 0. The number of hydrogen-bond acceptors (Lipinski definition) is 0. The van der Waals surface area contributed by atoms with Crippen molar-refractivity contribution in [1.82, 2.24) is 0 Å². The Morgan fingerprint density at radius 3 is 2.69 bits per heavy atom. The van der Waals surface area contributed by atoms with Crippen LogP contribution in [0, 0.1) is 5.41 Å². The summed E-state index contributed by atoms with van der Waals surface area (Å²) in [6, 6.07) is 0. The quantitative estimate of drug-likeness (QED) is 0.593. The minimum Gasteiger partial charge on any atom is -0.0955 e. The van der Waals surface area contributed by atoms with Crippen molar-refractivity contribution >= 4 is 0 Å². The van der Waals surface area contributed by atoms with Gasteiger partial charge in [0.1, 0.15) is 0 Å². The summed E-state index contributed by atoms with van der Waals surface area (Å²) in [5.74, 6) is 0. The molecule has 0 aliphatic heterocycles. The van der Waals surface area contributed by atoms with Gasteiger partial charge in [0.2, 0.25) is 0 Å². The molecule has 1 aliphatic rings. The SMILES string of the molecule is C=C(C)C1=CC=CC(C)(CC)C=C1. The standard InChI is InChI=1S/C13H18/c1-5-13(4)9-6-7-12(8-10-13)11(2)3/h6-10H,2,5H2,1,3-4H3. The van der Waals surface area contributed by atoms with Crippen LogP contribution < -0.4 is 0 Å². The monoisotopic (exact) mass is 174 g/mol. The van der Waals surface area contributed by atoms with Gasteiger partial charge in [0, 0.05) is 5.41 Å². The molecule has 0 bridgehead atoms. The molecule has 0 aromatic heterocycles. The van der Waals surface area contributed by atoms with Gasteiger partial charge in [0.05, 0.1) is 0 Å². The third-order valence-electron chi connectivity index (χ3n) is 2.65. The highest BCUT2D eigenvalue weighted by Crippen LogP contribution is 2.28. The molecule has 0 heteroatoms. The van der Waals surface area contributed by atoms with Crippen molar-refractivity contribution in [2.24, 2.45) is 5.41 Å². The van der Waals surface area contributed by atoms with Gasteiger partial charge in [-0.15, -0.1) is 0 Å². The smallest absolute Gasteiger partial charge is 0.00365 e. The van der Waals surface area contributed by atoms with Crippen LogP contribution in [0.25, 0.3) is 0 Å². The molecule has 0 nitrogen and oxygen atoms in total. The molecule has 0 aromatic rings.